The normalized spacial score (nSPS) is 20.5. The molecule has 2 aliphatic rings. The van der Waals surface area contributed by atoms with Crippen molar-refractivity contribution in [1.82, 2.24) is 20.1 Å². The standard InChI is InChI=1S/C33H41FN6O4S/c1-24-19-37(21-26-6-4-3-5-7-26)20-25(2)39(24)22-27-8-12-30(13-9-27)40(33(42)38-14-16-45(43,44)17-15-38)23-29-11-10-28(18-31(29)34)32(41)36-35/h3-13,18,24-25H,14-17,19-23,35H2,1-2H3,(H,36,41)/t24-,25+. The second-order valence-corrected chi connectivity index (χ2v) is 14.3. The van der Waals surface area contributed by atoms with Gasteiger partial charge in [0.2, 0.25) is 0 Å². The molecule has 240 valence electrons. The third kappa shape index (κ3) is 8.06. The fourth-order valence-electron chi connectivity index (χ4n) is 6.15. The average molecular weight is 637 g/mol. The third-order valence-electron chi connectivity index (χ3n) is 8.66. The zero-order valence-electron chi connectivity index (χ0n) is 25.7. The molecular weight excluding hydrogens is 595 g/mol. The van der Waals surface area contributed by atoms with Crippen LogP contribution in [0, 0.1) is 5.82 Å². The molecular formula is C33H41FN6O4S. The minimum absolute atomic E-state index is 0.0616. The van der Waals surface area contributed by atoms with E-state index in [1.165, 1.54) is 27.5 Å². The van der Waals surface area contributed by atoms with Gasteiger partial charge < -0.3 is 4.90 Å². The Hall–Kier alpha value is -3.84. The van der Waals surface area contributed by atoms with Crippen LogP contribution in [0.3, 0.4) is 0 Å². The Kier molecular flexibility index (Phi) is 10.2. The number of rotatable bonds is 8. The lowest BCUT2D eigenvalue weighted by Crippen LogP contribution is -2.55. The van der Waals surface area contributed by atoms with E-state index in [4.69, 9.17) is 5.84 Å². The van der Waals surface area contributed by atoms with E-state index in [0.717, 1.165) is 37.8 Å². The molecule has 2 fully saturated rings. The number of anilines is 1. The summed E-state index contributed by atoms with van der Waals surface area (Å²) in [4.78, 5) is 33.5. The molecule has 3 N–H and O–H groups in total. The molecule has 10 nitrogen and oxygen atoms in total. The van der Waals surface area contributed by atoms with Crippen molar-refractivity contribution in [2.24, 2.45) is 5.84 Å². The minimum atomic E-state index is -3.20. The Morgan fingerprint density at radius 3 is 2.13 bits per heavy atom. The van der Waals surface area contributed by atoms with Gasteiger partial charge in [0.25, 0.3) is 5.91 Å². The zero-order chi connectivity index (χ0) is 32.1. The molecule has 12 heteroatoms. The molecule has 2 aliphatic heterocycles. The molecule has 3 amide bonds. The van der Waals surface area contributed by atoms with Crippen LogP contribution in [0.5, 0.6) is 0 Å². The maximum atomic E-state index is 15.1. The van der Waals surface area contributed by atoms with Crippen LogP contribution in [0.4, 0.5) is 14.9 Å². The van der Waals surface area contributed by atoms with E-state index in [0.29, 0.717) is 17.8 Å². The number of halogens is 1. The Labute approximate surface area is 264 Å². The lowest BCUT2D eigenvalue weighted by molar-refractivity contribution is 0.0290. The number of sulfone groups is 1. The van der Waals surface area contributed by atoms with Gasteiger partial charge in [-0.2, -0.15) is 0 Å². The fraction of sp³-hybridized carbons (Fsp3) is 0.394. The first-order valence-corrected chi connectivity index (χ1v) is 17.0. The number of nitrogens with zero attached hydrogens (tertiary/aromatic N) is 4. The summed E-state index contributed by atoms with van der Waals surface area (Å²) in [5.74, 6) is 3.68. The van der Waals surface area contributed by atoms with Crippen LogP contribution < -0.4 is 16.2 Å². The van der Waals surface area contributed by atoms with E-state index in [2.05, 4.69) is 47.9 Å². The molecule has 0 aliphatic carbocycles. The smallest absolute Gasteiger partial charge is 0.322 e. The first-order chi connectivity index (χ1) is 21.5. The van der Waals surface area contributed by atoms with Crippen LogP contribution in [-0.4, -0.2) is 84.8 Å². The first kappa shape index (κ1) is 32.6. The van der Waals surface area contributed by atoms with Crippen molar-refractivity contribution >= 4 is 27.5 Å². The summed E-state index contributed by atoms with van der Waals surface area (Å²) >= 11 is 0. The summed E-state index contributed by atoms with van der Waals surface area (Å²) in [6, 6.07) is 22.4. The van der Waals surface area contributed by atoms with E-state index in [-0.39, 0.29) is 42.3 Å². The molecule has 0 bridgehead atoms. The first-order valence-electron chi connectivity index (χ1n) is 15.2. The summed E-state index contributed by atoms with van der Waals surface area (Å²) in [5.41, 5.74) is 5.22. The van der Waals surface area contributed by atoms with Crippen molar-refractivity contribution in [3.8, 4) is 0 Å². The Bertz CT molecular complexity index is 1580. The van der Waals surface area contributed by atoms with Crippen LogP contribution in [0.2, 0.25) is 0 Å². The zero-order valence-corrected chi connectivity index (χ0v) is 26.5. The van der Waals surface area contributed by atoms with Crippen LogP contribution in [0.1, 0.15) is 40.9 Å². The molecule has 3 aromatic rings. The molecule has 45 heavy (non-hydrogen) atoms. The Balaban J connectivity index is 1.31. The number of nitrogen functional groups attached to an aromatic ring is 1. The lowest BCUT2D eigenvalue weighted by atomic mass is 10.0. The number of hydrogen-bond acceptors (Lipinski definition) is 7. The SMILES string of the molecule is C[C@@H]1CN(Cc2ccccc2)C[C@H](C)N1Cc1ccc(N(Cc2ccc(C(=O)NN)cc2F)C(=O)N2CCS(=O)(=O)CC2)cc1. The molecule has 0 saturated carbocycles. The number of amides is 3. The van der Waals surface area contributed by atoms with Gasteiger partial charge in [-0.3, -0.25) is 24.9 Å². The van der Waals surface area contributed by atoms with E-state index < -0.39 is 27.6 Å². The number of piperazine rings is 1. The average Bonchev–Trinajstić information content (AvgIpc) is 3.02. The van der Waals surface area contributed by atoms with E-state index in [9.17, 15) is 18.0 Å². The second-order valence-electron chi connectivity index (χ2n) is 12.0. The Morgan fingerprint density at radius 2 is 1.53 bits per heavy atom. The van der Waals surface area contributed by atoms with Gasteiger partial charge in [0.1, 0.15) is 5.82 Å². The highest BCUT2D eigenvalue weighted by molar-refractivity contribution is 7.91. The highest BCUT2D eigenvalue weighted by Gasteiger charge is 2.31. The number of urea groups is 1. The van der Waals surface area contributed by atoms with Gasteiger partial charge >= 0.3 is 6.03 Å². The number of nitrogens with one attached hydrogen (secondary N) is 1. The van der Waals surface area contributed by atoms with Gasteiger partial charge in [-0.15, -0.1) is 0 Å². The monoisotopic (exact) mass is 636 g/mol. The maximum absolute atomic E-state index is 15.1. The van der Waals surface area contributed by atoms with Crippen molar-refractivity contribution < 1.29 is 22.4 Å². The molecule has 0 unspecified atom stereocenters. The summed E-state index contributed by atoms with van der Waals surface area (Å²) in [5, 5.41) is 0. The summed E-state index contributed by atoms with van der Waals surface area (Å²) in [7, 11) is -3.20. The van der Waals surface area contributed by atoms with Gasteiger partial charge in [0.05, 0.1) is 18.1 Å². The topological polar surface area (TPSA) is 119 Å². The van der Waals surface area contributed by atoms with Crippen molar-refractivity contribution in [1.29, 1.82) is 0 Å². The third-order valence-corrected chi connectivity index (χ3v) is 10.3. The van der Waals surface area contributed by atoms with Gasteiger partial charge in [-0.25, -0.2) is 23.4 Å². The van der Waals surface area contributed by atoms with Gasteiger partial charge in [-0.1, -0.05) is 48.5 Å². The largest absolute Gasteiger partial charge is 0.324 e. The lowest BCUT2D eigenvalue weighted by Gasteiger charge is -2.44. The van der Waals surface area contributed by atoms with Gasteiger partial charge in [-0.05, 0) is 49.2 Å². The van der Waals surface area contributed by atoms with Crippen LogP contribution >= 0.6 is 0 Å². The number of carbonyl (C=O) groups is 2. The quantitative estimate of drug-likeness (QED) is 0.221. The van der Waals surface area contributed by atoms with Crippen LogP contribution in [0.15, 0.2) is 72.8 Å². The molecule has 0 radical (unpaired) electrons. The highest BCUT2D eigenvalue weighted by atomic mass is 32.2. The Morgan fingerprint density at radius 1 is 0.911 bits per heavy atom. The number of hydrogen-bond donors (Lipinski definition) is 2. The molecule has 3 aromatic carbocycles. The summed E-state index contributed by atoms with van der Waals surface area (Å²) in [6.45, 7) is 8.13. The van der Waals surface area contributed by atoms with E-state index >= 15 is 4.39 Å². The molecule has 0 spiro atoms. The van der Waals surface area contributed by atoms with Crippen LogP contribution in [-0.2, 0) is 29.5 Å². The van der Waals surface area contributed by atoms with Crippen molar-refractivity contribution in [3.05, 3.63) is 101 Å². The summed E-state index contributed by atoms with van der Waals surface area (Å²) in [6.07, 6.45) is 0. The molecule has 2 heterocycles. The van der Waals surface area contributed by atoms with E-state index in [1.54, 1.807) is 0 Å². The number of benzene rings is 3. The van der Waals surface area contributed by atoms with Gasteiger partial charge in [0.15, 0.2) is 9.84 Å². The number of hydrazine groups is 1. The van der Waals surface area contributed by atoms with Crippen molar-refractivity contribution in [3.63, 3.8) is 0 Å². The number of nitrogens with two attached hydrogens (primary N) is 1. The number of carbonyl (C=O) groups excluding carboxylic acids is 2. The van der Waals surface area contributed by atoms with Crippen molar-refractivity contribution in [2.75, 3.05) is 42.6 Å². The molecule has 5 rings (SSSR count). The predicted molar refractivity (Wildman–Crippen MR) is 172 cm³/mol. The predicted octanol–water partition coefficient (Wildman–Crippen LogP) is 3.38. The van der Waals surface area contributed by atoms with E-state index in [1.807, 2.05) is 35.8 Å². The van der Waals surface area contributed by atoms with Crippen molar-refractivity contribution in [2.45, 2.75) is 45.6 Å². The fourth-order valence-corrected chi connectivity index (χ4v) is 7.36. The minimum Gasteiger partial charge on any atom is -0.322 e. The van der Waals surface area contributed by atoms with Crippen LogP contribution in [0.25, 0.3) is 0 Å². The molecule has 2 atom stereocenters. The summed E-state index contributed by atoms with van der Waals surface area (Å²) < 4.78 is 39.1. The highest BCUT2D eigenvalue weighted by Crippen LogP contribution is 2.25. The molecule has 0 aromatic heterocycles. The maximum Gasteiger partial charge on any atom is 0.324 e. The van der Waals surface area contributed by atoms with Gasteiger partial charge in [0, 0.05) is 68.2 Å². The molecule has 2 saturated heterocycles. The second kappa shape index (κ2) is 14.1.